The van der Waals surface area contributed by atoms with E-state index in [-0.39, 0.29) is 11.7 Å². The Bertz CT molecular complexity index is 1070. The number of hydrogen-bond donors (Lipinski definition) is 2. The maximum Gasteiger partial charge on any atom is 0.268 e. The topological polar surface area (TPSA) is 93.3 Å². The largest absolute Gasteiger partial charge is 0.493 e. The van der Waals surface area contributed by atoms with Crippen LogP contribution in [0.25, 0.3) is 0 Å². The Morgan fingerprint density at radius 3 is 2.48 bits per heavy atom. The maximum absolute atomic E-state index is 12.8. The van der Waals surface area contributed by atoms with E-state index in [0.29, 0.717) is 48.0 Å². The van der Waals surface area contributed by atoms with Crippen molar-refractivity contribution in [2.75, 3.05) is 7.11 Å². The van der Waals surface area contributed by atoms with Gasteiger partial charge in [-0.05, 0) is 61.2 Å². The SMILES string of the molecule is CCc1c(C(=O)NCc2ccc(OCc3ccncc3)c(OC)c2)[nH]c(C)c1C(C)=O. The maximum atomic E-state index is 12.8. The third kappa shape index (κ3) is 5.12. The number of ether oxygens (including phenoxy) is 2. The van der Waals surface area contributed by atoms with Gasteiger partial charge in [-0.2, -0.15) is 0 Å². The number of pyridine rings is 1. The average molecular weight is 421 g/mol. The molecule has 7 nitrogen and oxygen atoms in total. The molecule has 0 bridgehead atoms. The lowest BCUT2D eigenvalue weighted by atomic mass is 10.0. The van der Waals surface area contributed by atoms with Crippen LogP contribution in [0.2, 0.25) is 0 Å². The molecule has 2 heterocycles. The van der Waals surface area contributed by atoms with Gasteiger partial charge in [-0.15, -0.1) is 0 Å². The van der Waals surface area contributed by atoms with Gasteiger partial charge in [0.25, 0.3) is 5.91 Å². The van der Waals surface area contributed by atoms with Gasteiger partial charge in [-0.3, -0.25) is 14.6 Å². The number of H-pyrrole nitrogens is 1. The van der Waals surface area contributed by atoms with Gasteiger partial charge in [0.1, 0.15) is 12.3 Å². The van der Waals surface area contributed by atoms with Gasteiger partial charge in [-0.25, -0.2) is 0 Å². The molecule has 0 radical (unpaired) electrons. The van der Waals surface area contributed by atoms with Gasteiger partial charge in [0.05, 0.1) is 7.11 Å². The van der Waals surface area contributed by atoms with Gasteiger partial charge in [0.15, 0.2) is 17.3 Å². The first-order valence-corrected chi connectivity index (χ1v) is 10.1. The van der Waals surface area contributed by atoms with Gasteiger partial charge >= 0.3 is 0 Å². The third-order valence-electron chi connectivity index (χ3n) is 5.05. The summed E-state index contributed by atoms with van der Waals surface area (Å²) in [5.41, 5.74) is 4.38. The monoisotopic (exact) mass is 421 g/mol. The number of nitrogens with zero attached hydrogens (tertiary/aromatic N) is 1. The highest BCUT2D eigenvalue weighted by Crippen LogP contribution is 2.29. The van der Waals surface area contributed by atoms with Crippen molar-refractivity contribution >= 4 is 11.7 Å². The lowest BCUT2D eigenvalue weighted by Gasteiger charge is -2.13. The zero-order chi connectivity index (χ0) is 22.4. The molecule has 1 aromatic carbocycles. The van der Waals surface area contributed by atoms with Crippen LogP contribution in [0, 0.1) is 6.92 Å². The molecule has 7 heteroatoms. The molecule has 0 spiro atoms. The van der Waals surface area contributed by atoms with E-state index < -0.39 is 0 Å². The molecule has 0 fully saturated rings. The third-order valence-corrected chi connectivity index (χ3v) is 5.05. The van der Waals surface area contributed by atoms with Crippen molar-refractivity contribution < 1.29 is 19.1 Å². The number of aryl methyl sites for hydroxylation is 1. The standard InChI is InChI=1S/C24H27N3O4/c1-5-19-22(16(3)28)15(2)27-23(19)24(29)26-13-18-6-7-20(21(12-18)30-4)31-14-17-8-10-25-11-9-17/h6-12,27H,5,13-14H2,1-4H3,(H,26,29). The van der Waals surface area contributed by atoms with E-state index in [1.165, 1.54) is 6.92 Å². The Morgan fingerprint density at radius 2 is 1.84 bits per heavy atom. The van der Waals surface area contributed by atoms with Crippen LogP contribution in [0.1, 0.15) is 57.1 Å². The zero-order valence-electron chi connectivity index (χ0n) is 18.2. The number of benzene rings is 1. The summed E-state index contributed by atoms with van der Waals surface area (Å²) in [6.45, 7) is 5.97. The highest BCUT2D eigenvalue weighted by molar-refractivity contribution is 6.02. The minimum atomic E-state index is -0.246. The number of Topliss-reactive ketones (excluding diaryl/α,β-unsaturated/α-hetero) is 1. The fourth-order valence-corrected chi connectivity index (χ4v) is 3.55. The predicted octanol–water partition coefficient (Wildman–Crippen LogP) is 4.00. The van der Waals surface area contributed by atoms with E-state index in [1.807, 2.05) is 44.2 Å². The minimum Gasteiger partial charge on any atom is -0.493 e. The second-order valence-corrected chi connectivity index (χ2v) is 7.20. The van der Waals surface area contributed by atoms with Gasteiger partial charge in [0.2, 0.25) is 0 Å². The molecule has 0 aliphatic carbocycles. The second-order valence-electron chi connectivity index (χ2n) is 7.20. The number of aromatic nitrogens is 2. The summed E-state index contributed by atoms with van der Waals surface area (Å²) in [4.78, 5) is 31.7. The molecular weight excluding hydrogens is 394 g/mol. The van der Waals surface area contributed by atoms with E-state index in [4.69, 9.17) is 9.47 Å². The number of carbonyl (C=O) groups is 2. The molecule has 0 aliphatic rings. The highest BCUT2D eigenvalue weighted by atomic mass is 16.5. The van der Waals surface area contributed by atoms with E-state index in [2.05, 4.69) is 15.3 Å². The number of methoxy groups -OCH3 is 1. The number of carbonyl (C=O) groups excluding carboxylic acids is 2. The quantitative estimate of drug-likeness (QED) is 0.510. The van der Waals surface area contributed by atoms with Crippen LogP contribution in [-0.4, -0.2) is 28.8 Å². The summed E-state index contributed by atoms with van der Waals surface area (Å²) < 4.78 is 11.3. The molecule has 0 unspecified atom stereocenters. The van der Waals surface area contributed by atoms with Crippen LogP contribution >= 0.6 is 0 Å². The molecule has 3 rings (SSSR count). The fourth-order valence-electron chi connectivity index (χ4n) is 3.55. The average Bonchev–Trinajstić information content (AvgIpc) is 3.13. The van der Waals surface area contributed by atoms with Gasteiger partial charge in [-0.1, -0.05) is 13.0 Å². The molecule has 0 saturated heterocycles. The zero-order valence-corrected chi connectivity index (χ0v) is 18.2. The first-order chi connectivity index (χ1) is 14.9. The van der Waals surface area contributed by atoms with Crippen LogP contribution in [0.5, 0.6) is 11.5 Å². The Labute approximate surface area is 181 Å². The molecule has 2 N–H and O–H groups in total. The van der Waals surface area contributed by atoms with Gasteiger partial charge < -0.3 is 19.8 Å². The molecule has 2 aromatic heterocycles. The molecule has 0 atom stereocenters. The number of hydrogen-bond acceptors (Lipinski definition) is 5. The van der Waals surface area contributed by atoms with Crippen molar-refractivity contribution in [2.45, 2.75) is 40.3 Å². The molecule has 31 heavy (non-hydrogen) atoms. The minimum absolute atomic E-state index is 0.0447. The molecule has 0 saturated carbocycles. The molecule has 162 valence electrons. The van der Waals surface area contributed by atoms with E-state index >= 15 is 0 Å². The summed E-state index contributed by atoms with van der Waals surface area (Å²) in [6.07, 6.45) is 4.03. The van der Waals surface area contributed by atoms with Crippen LogP contribution in [-0.2, 0) is 19.6 Å². The predicted molar refractivity (Wildman–Crippen MR) is 118 cm³/mol. The fraction of sp³-hybridized carbons (Fsp3) is 0.292. The Hall–Kier alpha value is -3.61. The molecule has 0 aliphatic heterocycles. The van der Waals surface area contributed by atoms with E-state index in [1.54, 1.807) is 19.5 Å². The van der Waals surface area contributed by atoms with Crippen LogP contribution in [0.15, 0.2) is 42.7 Å². The summed E-state index contributed by atoms with van der Waals surface area (Å²) in [5, 5.41) is 2.91. The smallest absolute Gasteiger partial charge is 0.268 e. The number of rotatable bonds is 9. The van der Waals surface area contributed by atoms with Crippen molar-refractivity contribution in [1.29, 1.82) is 0 Å². The first-order valence-electron chi connectivity index (χ1n) is 10.1. The molecular formula is C24H27N3O4. The number of amides is 1. The summed E-state index contributed by atoms with van der Waals surface area (Å²) in [5.74, 6) is 0.916. The summed E-state index contributed by atoms with van der Waals surface area (Å²) in [6, 6.07) is 9.32. The first kappa shape index (κ1) is 22.1. The number of nitrogens with one attached hydrogen (secondary N) is 2. The van der Waals surface area contributed by atoms with Gasteiger partial charge in [0, 0.05) is 30.2 Å². The lowest BCUT2D eigenvalue weighted by molar-refractivity contribution is 0.0945. The van der Waals surface area contributed by atoms with Crippen molar-refractivity contribution in [3.63, 3.8) is 0 Å². The number of aromatic amines is 1. The van der Waals surface area contributed by atoms with Crippen molar-refractivity contribution in [1.82, 2.24) is 15.3 Å². The molecule has 1 amide bonds. The molecule has 3 aromatic rings. The van der Waals surface area contributed by atoms with Crippen molar-refractivity contribution in [3.8, 4) is 11.5 Å². The van der Waals surface area contributed by atoms with Crippen LogP contribution in [0.3, 0.4) is 0 Å². The van der Waals surface area contributed by atoms with Crippen molar-refractivity contribution in [3.05, 3.63) is 76.4 Å². The second kappa shape index (κ2) is 9.93. The highest BCUT2D eigenvalue weighted by Gasteiger charge is 2.21. The lowest BCUT2D eigenvalue weighted by Crippen LogP contribution is -2.24. The van der Waals surface area contributed by atoms with E-state index in [9.17, 15) is 9.59 Å². The number of ketones is 1. The normalized spacial score (nSPS) is 10.6. The Morgan fingerprint density at radius 1 is 1.10 bits per heavy atom. The Kier molecular flexibility index (Phi) is 7.07. The van der Waals surface area contributed by atoms with Crippen LogP contribution < -0.4 is 14.8 Å². The van der Waals surface area contributed by atoms with Crippen molar-refractivity contribution in [2.24, 2.45) is 0 Å². The summed E-state index contributed by atoms with van der Waals surface area (Å²) >= 11 is 0. The summed E-state index contributed by atoms with van der Waals surface area (Å²) in [7, 11) is 1.58. The Balaban J connectivity index is 1.68. The van der Waals surface area contributed by atoms with Crippen LogP contribution in [0.4, 0.5) is 0 Å². The van der Waals surface area contributed by atoms with E-state index in [0.717, 1.165) is 16.7 Å².